The van der Waals surface area contributed by atoms with E-state index < -0.39 is 10.0 Å². The number of sulfonamides is 1. The van der Waals surface area contributed by atoms with E-state index in [4.69, 9.17) is 12.2 Å². The van der Waals surface area contributed by atoms with Crippen molar-refractivity contribution in [1.29, 1.82) is 0 Å². The van der Waals surface area contributed by atoms with Crippen LogP contribution in [-0.4, -0.2) is 46.3 Å². The van der Waals surface area contributed by atoms with E-state index >= 15 is 0 Å². The van der Waals surface area contributed by atoms with Gasteiger partial charge < -0.3 is 0 Å². The number of piperidine rings is 1. The van der Waals surface area contributed by atoms with Crippen LogP contribution in [-0.2, 0) is 16.6 Å². The minimum atomic E-state index is -3.21. The number of H-pyrrole nitrogens is 1. The van der Waals surface area contributed by atoms with Crippen molar-refractivity contribution in [3.8, 4) is 0 Å². The zero-order valence-corrected chi connectivity index (χ0v) is 15.6. The summed E-state index contributed by atoms with van der Waals surface area (Å²) < 4.78 is 41.3. The van der Waals surface area contributed by atoms with Crippen molar-refractivity contribution in [2.24, 2.45) is 0 Å². The Morgan fingerprint density at radius 2 is 2.08 bits per heavy atom. The SMILES string of the molecule is CCS(=O)(=O)N1CCC[C@@H](c2n[nH]c(=S)n2Cc2ccc(F)cc2)C1. The number of rotatable bonds is 5. The predicted octanol–water partition coefficient (Wildman–Crippen LogP) is 2.66. The molecule has 1 aromatic carbocycles. The van der Waals surface area contributed by atoms with E-state index in [2.05, 4.69) is 10.2 Å². The molecule has 1 saturated heterocycles. The van der Waals surface area contributed by atoms with Crippen LogP contribution in [0.5, 0.6) is 0 Å². The van der Waals surface area contributed by atoms with Crippen LogP contribution in [0.25, 0.3) is 0 Å². The molecule has 0 aliphatic carbocycles. The molecule has 1 N–H and O–H groups in total. The Kier molecular flexibility index (Phi) is 5.35. The lowest BCUT2D eigenvalue weighted by atomic mass is 9.98. The van der Waals surface area contributed by atoms with E-state index in [0.29, 0.717) is 24.4 Å². The maximum Gasteiger partial charge on any atom is 0.213 e. The Labute approximate surface area is 151 Å². The van der Waals surface area contributed by atoms with Crippen LogP contribution in [0.15, 0.2) is 24.3 Å². The highest BCUT2D eigenvalue weighted by Gasteiger charge is 2.31. The third-order valence-corrected chi connectivity index (χ3v) is 6.71. The molecule has 25 heavy (non-hydrogen) atoms. The van der Waals surface area contributed by atoms with E-state index in [1.807, 2.05) is 4.57 Å². The smallest absolute Gasteiger partial charge is 0.213 e. The number of benzene rings is 1. The van der Waals surface area contributed by atoms with Crippen molar-refractivity contribution in [3.05, 3.63) is 46.2 Å². The molecule has 6 nitrogen and oxygen atoms in total. The largest absolute Gasteiger partial charge is 0.299 e. The summed E-state index contributed by atoms with van der Waals surface area (Å²) in [6.07, 6.45) is 1.65. The first-order valence-electron chi connectivity index (χ1n) is 8.28. The molecular formula is C16H21FN4O2S2. The first-order chi connectivity index (χ1) is 11.9. The van der Waals surface area contributed by atoms with Gasteiger partial charge in [-0.3, -0.25) is 9.67 Å². The maximum atomic E-state index is 13.1. The van der Waals surface area contributed by atoms with Crippen LogP contribution in [0.2, 0.25) is 0 Å². The van der Waals surface area contributed by atoms with Crippen LogP contribution in [0, 0.1) is 10.6 Å². The summed E-state index contributed by atoms with van der Waals surface area (Å²) in [5, 5.41) is 7.15. The van der Waals surface area contributed by atoms with Gasteiger partial charge in [-0.25, -0.2) is 17.1 Å². The quantitative estimate of drug-likeness (QED) is 0.805. The third kappa shape index (κ3) is 3.99. The number of nitrogens with one attached hydrogen (secondary N) is 1. The van der Waals surface area contributed by atoms with E-state index in [0.717, 1.165) is 24.2 Å². The van der Waals surface area contributed by atoms with E-state index in [1.54, 1.807) is 23.4 Å². The van der Waals surface area contributed by atoms with Gasteiger partial charge in [0.1, 0.15) is 11.6 Å². The molecule has 2 heterocycles. The fraction of sp³-hybridized carbons (Fsp3) is 0.500. The minimum Gasteiger partial charge on any atom is -0.299 e. The Hall–Kier alpha value is -1.58. The highest BCUT2D eigenvalue weighted by molar-refractivity contribution is 7.89. The molecule has 1 aliphatic heterocycles. The molecule has 1 atom stereocenters. The molecule has 136 valence electrons. The molecule has 3 rings (SSSR count). The Morgan fingerprint density at radius 3 is 2.76 bits per heavy atom. The molecule has 0 saturated carbocycles. The van der Waals surface area contributed by atoms with Gasteiger partial charge in [0.15, 0.2) is 4.77 Å². The Morgan fingerprint density at radius 1 is 1.36 bits per heavy atom. The lowest BCUT2D eigenvalue weighted by molar-refractivity contribution is 0.305. The molecule has 9 heteroatoms. The standard InChI is InChI=1S/C16H21FN4O2S2/c1-2-25(22,23)20-9-3-4-13(11-20)15-18-19-16(24)21(15)10-12-5-7-14(17)8-6-12/h5-8,13H,2-4,9-11H2,1H3,(H,19,24)/t13-/m1/s1. The number of hydrogen-bond donors (Lipinski definition) is 1. The van der Waals surface area contributed by atoms with Crippen molar-refractivity contribution in [1.82, 2.24) is 19.1 Å². The second-order valence-electron chi connectivity index (χ2n) is 6.20. The highest BCUT2D eigenvalue weighted by atomic mass is 32.2. The molecule has 0 bridgehead atoms. The first-order valence-corrected chi connectivity index (χ1v) is 10.3. The van der Waals surface area contributed by atoms with E-state index in [9.17, 15) is 12.8 Å². The summed E-state index contributed by atoms with van der Waals surface area (Å²) in [6, 6.07) is 6.24. The summed E-state index contributed by atoms with van der Waals surface area (Å²) >= 11 is 5.33. The second-order valence-corrected chi connectivity index (χ2v) is 8.84. The summed E-state index contributed by atoms with van der Waals surface area (Å²) in [5.74, 6) is 0.559. The predicted molar refractivity (Wildman–Crippen MR) is 95.9 cm³/mol. The van der Waals surface area contributed by atoms with Crippen LogP contribution < -0.4 is 0 Å². The van der Waals surface area contributed by atoms with Gasteiger partial charge in [0, 0.05) is 19.0 Å². The molecule has 2 aromatic rings. The average Bonchev–Trinajstić information content (AvgIpc) is 2.98. The number of halogens is 1. The van der Waals surface area contributed by atoms with Crippen molar-refractivity contribution in [2.75, 3.05) is 18.8 Å². The summed E-state index contributed by atoms with van der Waals surface area (Å²) in [6.45, 7) is 3.10. The fourth-order valence-corrected chi connectivity index (χ4v) is 4.54. The van der Waals surface area contributed by atoms with Crippen molar-refractivity contribution in [2.45, 2.75) is 32.2 Å². The molecule has 1 aliphatic rings. The Bertz CT molecular complexity index is 890. The highest BCUT2D eigenvalue weighted by Crippen LogP contribution is 2.27. The van der Waals surface area contributed by atoms with Gasteiger partial charge >= 0.3 is 0 Å². The first kappa shape index (κ1) is 18.2. The zero-order chi connectivity index (χ0) is 18.0. The normalized spacial score (nSPS) is 19.2. The lowest BCUT2D eigenvalue weighted by Gasteiger charge is -2.31. The van der Waals surface area contributed by atoms with Crippen molar-refractivity contribution < 1.29 is 12.8 Å². The van der Waals surface area contributed by atoms with E-state index in [-0.39, 0.29) is 17.5 Å². The molecule has 0 spiro atoms. The molecule has 0 unspecified atom stereocenters. The monoisotopic (exact) mass is 384 g/mol. The lowest BCUT2D eigenvalue weighted by Crippen LogP contribution is -2.40. The van der Waals surface area contributed by atoms with Crippen LogP contribution in [0.4, 0.5) is 4.39 Å². The van der Waals surface area contributed by atoms with Gasteiger partial charge in [0.25, 0.3) is 0 Å². The summed E-state index contributed by atoms with van der Waals surface area (Å²) in [7, 11) is -3.21. The van der Waals surface area contributed by atoms with Crippen LogP contribution in [0.1, 0.15) is 37.1 Å². The van der Waals surface area contributed by atoms with Gasteiger partial charge in [-0.1, -0.05) is 12.1 Å². The molecule has 1 fully saturated rings. The van der Waals surface area contributed by atoms with Gasteiger partial charge in [0.05, 0.1) is 12.3 Å². The van der Waals surface area contributed by atoms with Crippen molar-refractivity contribution in [3.63, 3.8) is 0 Å². The minimum absolute atomic E-state index is 0.0107. The third-order valence-electron chi connectivity index (χ3n) is 4.55. The number of nitrogens with zero attached hydrogens (tertiary/aromatic N) is 3. The molecular weight excluding hydrogens is 363 g/mol. The molecule has 1 aromatic heterocycles. The molecule has 0 radical (unpaired) electrons. The number of aromatic nitrogens is 3. The average molecular weight is 385 g/mol. The van der Waals surface area contributed by atoms with Gasteiger partial charge in [-0.2, -0.15) is 5.10 Å². The van der Waals surface area contributed by atoms with E-state index in [1.165, 1.54) is 12.1 Å². The summed E-state index contributed by atoms with van der Waals surface area (Å²) in [5.41, 5.74) is 0.911. The number of hydrogen-bond acceptors (Lipinski definition) is 4. The van der Waals surface area contributed by atoms with Crippen LogP contribution >= 0.6 is 12.2 Å². The number of aromatic amines is 1. The Balaban J connectivity index is 1.85. The van der Waals surface area contributed by atoms with Gasteiger partial charge in [0.2, 0.25) is 10.0 Å². The summed E-state index contributed by atoms with van der Waals surface area (Å²) in [4.78, 5) is 0. The van der Waals surface area contributed by atoms with Crippen LogP contribution in [0.3, 0.4) is 0 Å². The van der Waals surface area contributed by atoms with Gasteiger partial charge in [-0.05, 0) is 49.7 Å². The second kappa shape index (κ2) is 7.35. The van der Waals surface area contributed by atoms with Gasteiger partial charge in [-0.15, -0.1) is 0 Å². The maximum absolute atomic E-state index is 13.1. The zero-order valence-electron chi connectivity index (χ0n) is 14.0. The topological polar surface area (TPSA) is 71.0 Å². The van der Waals surface area contributed by atoms with Crippen molar-refractivity contribution >= 4 is 22.2 Å². The fourth-order valence-electron chi connectivity index (χ4n) is 3.16. The molecule has 0 amide bonds.